The first-order chi connectivity index (χ1) is 17.6. The van der Waals surface area contributed by atoms with Gasteiger partial charge in [0.2, 0.25) is 23.6 Å². The number of amides is 4. The Morgan fingerprint density at radius 1 is 1.14 bits per heavy atom. The van der Waals surface area contributed by atoms with E-state index in [1.54, 1.807) is 6.20 Å². The summed E-state index contributed by atoms with van der Waals surface area (Å²) in [5.74, 6) is -3.95. The predicted octanol–water partition coefficient (Wildman–Crippen LogP) is -1.66. The fourth-order valence-electron chi connectivity index (χ4n) is 4.39. The van der Waals surface area contributed by atoms with Gasteiger partial charge in [-0.2, -0.15) is 0 Å². The third kappa shape index (κ3) is 6.83. The van der Waals surface area contributed by atoms with Crippen LogP contribution in [0.4, 0.5) is 0 Å². The SMILES string of the molecule is NC(=O)CCC(N)C(=O)N1CCCC1C(=O)NC(CO)C(=O)NC(Cc1c[nH]c2ccccc12)C(=O)O. The van der Waals surface area contributed by atoms with Crippen molar-refractivity contribution in [2.75, 3.05) is 13.2 Å². The average Bonchev–Trinajstić information content (AvgIpc) is 3.52. The van der Waals surface area contributed by atoms with Gasteiger partial charge in [0.1, 0.15) is 18.1 Å². The molecule has 4 amide bonds. The minimum Gasteiger partial charge on any atom is -0.480 e. The molecule has 0 spiro atoms. The highest BCUT2D eigenvalue weighted by atomic mass is 16.4. The summed E-state index contributed by atoms with van der Waals surface area (Å²) in [6, 6.07) is 2.63. The Bertz CT molecular complexity index is 1170. The number of rotatable bonds is 12. The molecule has 1 aliphatic rings. The Morgan fingerprint density at radius 3 is 2.54 bits per heavy atom. The molecule has 2 heterocycles. The second kappa shape index (κ2) is 12.3. The van der Waals surface area contributed by atoms with Crippen molar-refractivity contribution in [1.29, 1.82) is 0 Å². The van der Waals surface area contributed by atoms with E-state index in [1.807, 2.05) is 24.3 Å². The molecule has 0 bridgehead atoms. The fourth-order valence-corrected chi connectivity index (χ4v) is 4.39. The van der Waals surface area contributed by atoms with Crippen LogP contribution in [0.25, 0.3) is 10.9 Å². The summed E-state index contributed by atoms with van der Waals surface area (Å²) in [6.45, 7) is -0.515. The molecule has 2 aromatic rings. The van der Waals surface area contributed by atoms with E-state index in [1.165, 1.54) is 4.90 Å². The van der Waals surface area contributed by atoms with Gasteiger partial charge in [-0.25, -0.2) is 4.79 Å². The summed E-state index contributed by atoms with van der Waals surface area (Å²) in [7, 11) is 0. The zero-order valence-corrected chi connectivity index (χ0v) is 20.2. The number of carboxylic acids is 1. The molecule has 0 aliphatic carbocycles. The molecule has 9 N–H and O–H groups in total. The topological polar surface area (TPSA) is 221 Å². The van der Waals surface area contributed by atoms with Gasteiger partial charge < -0.3 is 42.2 Å². The van der Waals surface area contributed by atoms with Gasteiger partial charge in [0, 0.05) is 36.5 Å². The number of carboxylic acid groups (broad SMARTS) is 1. The van der Waals surface area contributed by atoms with E-state index in [9.17, 15) is 34.2 Å². The van der Waals surface area contributed by atoms with E-state index in [-0.39, 0.29) is 25.8 Å². The summed E-state index contributed by atoms with van der Waals surface area (Å²) in [5, 5.41) is 25.0. The number of aliphatic carboxylic acids is 1. The lowest BCUT2D eigenvalue weighted by Crippen LogP contribution is -2.57. The highest BCUT2D eigenvalue weighted by molar-refractivity contribution is 5.95. The van der Waals surface area contributed by atoms with Gasteiger partial charge in [-0.05, 0) is 30.9 Å². The van der Waals surface area contributed by atoms with E-state index >= 15 is 0 Å². The second-order valence-corrected chi connectivity index (χ2v) is 9.01. The summed E-state index contributed by atoms with van der Waals surface area (Å²) in [5.41, 5.74) is 12.5. The van der Waals surface area contributed by atoms with E-state index in [2.05, 4.69) is 15.6 Å². The Kier molecular flexibility index (Phi) is 9.20. The number of hydrogen-bond acceptors (Lipinski definition) is 7. The molecule has 1 saturated heterocycles. The Morgan fingerprint density at radius 2 is 1.86 bits per heavy atom. The Labute approximate surface area is 212 Å². The molecule has 4 atom stereocenters. The lowest BCUT2D eigenvalue weighted by molar-refractivity contribution is -0.143. The monoisotopic (exact) mass is 516 g/mol. The smallest absolute Gasteiger partial charge is 0.326 e. The number of hydrogen-bond donors (Lipinski definition) is 7. The zero-order chi connectivity index (χ0) is 27.1. The number of primary amides is 1. The molecule has 4 unspecified atom stereocenters. The van der Waals surface area contributed by atoms with Crippen molar-refractivity contribution in [2.24, 2.45) is 11.5 Å². The van der Waals surface area contributed by atoms with Gasteiger partial charge in [0.05, 0.1) is 12.6 Å². The highest BCUT2D eigenvalue weighted by Gasteiger charge is 2.38. The summed E-state index contributed by atoms with van der Waals surface area (Å²) in [6.07, 6.45) is 2.44. The number of nitrogens with one attached hydrogen (secondary N) is 3. The molecular formula is C24H32N6O7. The molecule has 1 aliphatic heterocycles. The molecule has 1 fully saturated rings. The van der Waals surface area contributed by atoms with Crippen LogP contribution in [-0.4, -0.2) is 87.0 Å². The number of aromatic amines is 1. The third-order valence-corrected chi connectivity index (χ3v) is 6.39. The summed E-state index contributed by atoms with van der Waals surface area (Å²) in [4.78, 5) is 65.6. The maximum atomic E-state index is 12.9. The number of aliphatic hydroxyl groups is 1. The molecule has 200 valence electrons. The number of carbonyl (C=O) groups excluding carboxylic acids is 4. The fraction of sp³-hybridized carbons (Fsp3) is 0.458. The van der Waals surface area contributed by atoms with Crippen LogP contribution in [0, 0.1) is 0 Å². The molecule has 1 aromatic heterocycles. The van der Waals surface area contributed by atoms with Crippen molar-refractivity contribution >= 4 is 40.5 Å². The van der Waals surface area contributed by atoms with E-state index in [4.69, 9.17) is 11.5 Å². The first-order valence-corrected chi connectivity index (χ1v) is 12.0. The second-order valence-electron chi connectivity index (χ2n) is 9.01. The Balaban J connectivity index is 1.63. The number of carbonyl (C=O) groups is 5. The van der Waals surface area contributed by atoms with Crippen LogP contribution in [0.15, 0.2) is 30.5 Å². The van der Waals surface area contributed by atoms with Crippen molar-refractivity contribution in [2.45, 2.75) is 56.3 Å². The number of fused-ring (bicyclic) bond motifs is 1. The molecule has 3 rings (SSSR count). The van der Waals surface area contributed by atoms with Crippen LogP contribution >= 0.6 is 0 Å². The minimum atomic E-state index is -1.43. The van der Waals surface area contributed by atoms with Crippen molar-refractivity contribution in [1.82, 2.24) is 20.5 Å². The van der Waals surface area contributed by atoms with Gasteiger partial charge >= 0.3 is 5.97 Å². The first-order valence-electron chi connectivity index (χ1n) is 12.0. The molecule has 37 heavy (non-hydrogen) atoms. The van der Waals surface area contributed by atoms with Crippen LogP contribution in [-0.2, 0) is 30.4 Å². The van der Waals surface area contributed by atoms with E-state index in [0.717, 1.165) is 10.9 Å². The van der Waals surface area contributed by atoms with Crippen LogP contribution < -0.4 is 22.1 Å². The lowest BCUT2D eigenvalue weighted by Gasteiger charge is -2.28. The maximum Gasteiger partial charge on any atom is 0.326 e. The van der Waals surface area contributed by atoms with Crippen molar-refractivity contribution in [3.63, 3.8) is 0 Å². The van der Waals surface area contributed by atoms with Gasteiger partial charge in [-0.15, -0.1) is 0 Å². The molecule has 0 saturated carbocycles. The van der Waals surface area contributed by atoms with Gasteiger partial charge in [-0.1, -0.05) is 18.2 Å². The Hall–Kier alpha value is -3.97. The van der Waals surface area contributed by atoms with E-state index in [0.29, 0.717) is 18.4 Å². The number of benzene rings is 1. The largest absolute Gasteiger partial charge is 0.480 e. The van der Waals surface area contributed by atoms with Crippen molar-refractivity contribution < 1.29 is 34.2 Å². The minimum absolute atomic E-state index is 0.0225. The number of H-pyrrole nitrogens is 1. The predicted molar refractivity (Wildman–Crippen MR) is 132 cm³/mol. The quantitative estimate of drug-likeness (QED) is 0.173. The highest BCUT2D eigenvalue weighted by Crippen LogP contribution is 2.20. The number of nitrogens with zero attached hydrogens (tertiary/aromatic N) is 1. The van der Waals surface area contributed by atoms with Crippen LogP contribution in [0.5, 0.6) is 0 Å². The van der Waals surface area contributed by atoms with E-state index < -0.39 is 60.4 Å². The number of aliphatic hydroxyl groups excluding tert-OH is 1. The number of para-hydroxylation sites is 1. The van der Waals surface area contributed by atoms with Gasteiger partial charge in [0.25, 0.3) is 0 Å². The molecular weight excluding hydrogens is 484 g/mol. The molecule has 13 nitrogen and oxygen atoms in total. The average molecular weight is 517 g/mol. The third-order valence-electron chi connectivity index (χ3n) is 6.39. The van der Waals surface area contributed by atoms with Crippen LogP contribution in [0.3, 0.4) is 0 Å². The number of nitrogens with two attached hydrogens (primary N) is 2. The summed E-state index contributed by atoms with van der Waals surface area (Å²) >= 11 is 0. The number of aromatic nitrogens is 1. The lowest BCUT2D eigenvalue weighted by atomic mass is 10.0. The van der Waals surface area contributed by atoms with Crippen LogP contribution in [0.2, 0.25) is 0 Å². The molecule has 0 radical (unpaired) electrons. The van der Waals surface area contributed by atoms with Gasteiger partial charge in [0.15, 0.2) is 0 Å². The zero-order valence-electron chi connectivity index (χ0n) is 20.2. The number of likely N-dealkylation sites (tertiary alicyclic amines) is 1. The standard InChI is InChI=1S/C24H32N6O7/c25-15(7-8-20(26)32)23(35)30-9-3-6-19(30)22(34)29-18(12-31)21(33)28-17(24(36)37)10-13-11-27-16-5-2-1-4-14(13)16/h1-2,4-5,11,15,17-19,27,31H,3,6-10,12,25H2,(H2,26,32)(H,28,33)(H,29,34)(H,36,37). The van der Waals surface area contributed by atoms with Crippen molar-refractivity contribution in [3.8, 4) is 0 Å². The molecule has 13 heteroatoms. The van der Waals surface area contributed by atoms with Crippen molar-refractivity contribution in [3.05, 3.63) is 36.0 Å². The molecule has 1 aromatic carbocycles. The normalized spacial score (nSPS) is 17.7. The van der Waals surface area contributed by atoms with Gasteiger partial charge in [-0.3, -0.25) is 19.2 Å². The first kappa shape index (κ1) is 27.6. The maximum absolute atomic E-state index is 12.9. The summed E-state index contributed by atoms with van der Waals surface area (Å²) < 4.78 is 0. The van der Waals surface area contributed by atoms with Crippen LogP contribution in [0.1, 0.15) is 31.2 Å².